The predicted octanol–water partition coefficient (Wildman–Crippen LogP) is 4.99. The Kier molecular flexibility index (Phi) is 4.19. The van der Waals surface area contributed by atoms with Crippen LogP contribution in [0.5, 0.6) is 0 Å². The van der Waals surface area contributed by atoms with Gasteiger partial charge < -0.3 is 5.32 Å². The van der Waals surface area contributed by atoms with Crippen LogP contribution < -0.4 is 5.32 Å². The fourth-order valence-electron chi connectivity index (χ4n) is 1.49. The van der Waals surface area contributed by atoms with Crippen molar-refractivity contribution in [3.8, 4) is 0 Å². The number of anilines is 1. The Morgan fingerprint density at radius 3 is 2.67 bits per heavy atom. The van der Waals surface area contributed by atoms with Gasteiger partial charge in [-0.15, -0.1) is 0 Å². The first-order valence-corrected chi connectivity index (χ1v) is 6.37. The molecule has 0 spiro atoms. The Balaban J connectivity index is 2.11. The molecule has 0 amide bonds. The van der Waals surface area contributed by atoms with Gasteiger partial charge in [-0.2, -0.15) is 0 Å². The molecule has 0 saturated carbocycles. The zero-order valence-electron chi connectivity index (χ0n) is 9.18. The van der Waals surface area contributed by atoms with Gasteiger partial charge in [0.25, 0.3) is 0 Å². The second-order valence-electron chi connectivity index (χ2n) is 3.70. The maximum absolute atomic E-state index is 13.6. The van der Waals surface area contributed by atoms with Gasteiger partial charge in [0.05, 0.1) is 9.50 Å². The van der Waals surface area contributed by atoms with Crippen molar-refractivity contribution >= 4 is 33.2 Å². The van der Waals surface area contributed by atoms with E-state index in [-0.39, 0.29) is 17.4 Å². The highest BCUT2D eigenvalue weighted by Gasteiger charge is 2.06. The molecule has 0 atom stereocenters. The minimum Gasteiger partial charge on any atom is -0.381 e. The van der Waals surface area contributed by atoms with Gasteiger partial charge in [-0.25, -0.2) is 8.78 Å². The van der Waals surface area contributed by atoms with Crippen LogP contribution in [0.1, 0.15) is 5.56 Å². The molecule has 0 bridgehead atoms. The van der Waals surface area contributed by atoms with E-state index in [0.717, 1.165) is 0 Å². The molecule has 0 saturated heterocycles. The Labute approximate surface area is 117 Å². The molecule has 18 heavy (non-hydrogen) atoms. The fourth-order valence-corrected chi connectivity index (χ4v) is 1.93. The highest BCUT2D eigenvalue weighted by atomic mass is 79.9. The third-order valence-electron chi connectivity index (χ3n) is 2.43. The van der Waals surface area contributed by atoms with Crippen molar-refractivity contribution in [1.29, 1.82) is 0 Å². The zero-order chi connectivity index (χ0) is 13.1. The molecule has 0 aliphatic carbocycles. The van der Waals surface area contributed by atoms with E-state index in [0.29, 0.717) is 15.7 Å². The number of nitrogens with one attached hydrogen (secondary N) is 1. The van der Waals surface area contributed by atoms with E-state index in [1.807, 2.05) is 0 Å². The van der Waals surface area contributed by atoms with Crippen LogP contribution in [0.2, 0.25) is 5.02 Å². The van der Waals surface area contributed by atoms with Crippen molar-refractivity contribution in [3.05, 3.63) is 63.1 Å². The standard InChI is InChI=1S/C13H9BrClF2N/c14-10-5-4-9(6-12(10)16)18-7-8-2-1-3-11(15)13(8)17/h1-6,18H,7H2. The van der Waals surface area contributed by atoms with E-state index in [1.54, 1.807) is 24.3 Å². The Morgan fingerprint density at radius 2 is 1.94 bits per heavy atom. The highest BCUT2D eigenvalue weighted by Crippen LogP contribution is 2.21. The van der Waals surface area contributed by atoms with Crippen molar-refractivity contribution in [2.45, 2.75) is 6.54 Å². The lowest BCUT2D eigenvalue weighted by Gasteiger charge is -2.08. The second kappa shape index (κ2) is 5.67. The third-order valence-corrected chi connectivity index (χ3v) is 3.37. The molecule has 0 aliphatic heterocycles. The summed E-state index contributed by atoms with van der Waals surface area (Å²) in [5.41, 5.74) is 1.01. The fraction of sp³-hybridized carbons (Fsp3) is 0.0769. The van der Waals surface area contributed by atoms with E-state index >= 15 is 0 Å². The molecule has 0 unspecified atom stereocenters. The monoisotopic (exact) mass is 331 g/mol. The molecule has 0 aliphatic rings. The summed E-state index contributed by atoms with van der Waals surface area (Å²) in [6.45, 7) is 0.244. The average molecular weight is 333 g/mol. The molecule has 2 rings (SSSR count). The van der Waals surface area contributed by atoms with Gasteiger partial charge in [0.15, 0.2) is 0 Å². The lowest BCUT2D eigenvalue weighted by Crippen LogP contribution is -2.02. The average Bonchev–Trinajstić information content (AvgIpc) is 2.35. The van der Waals surface area contributed by atoms with E-state index in [2.05, 4.69) is 21.2 Å². The summed E-state index contributed by atoms with van der Waals surface area (Å²) in [6, 6.07) is 9.42. The number of hydrogen-bond donors (Lipinski definition) is 1. The Hall–Kier alpha value is -1.13. The number of benzene rings is 2. The Bertz CT molecular complexity index is 575. The molecule has 0 fully saturated rings. The van der Waals surface area contributed by atoms with E-state index in [4.69, 9.17) is 11.6 Å². The number of hydrogen-bond acceptors (Lipinski definition) is 1. The molecule has 1 N–H and O–H groups in total. The third kappa shape index (κ3) is 3.00. The minimum atomic E-state index is -0.454. The summed E-state index contributed by atoms with van der Waals surface area (Å²) < 4.78 is 27.3. The molecule has 0 radical (unpaired) electrons. The molecule has 1 nitrogen and oxygen atoms in total. The highest BCUT2D eigenvalue weighted by molar-refractivity contribution is 9.10. The normalized spacial score (nSPS) is 10.4. The summed E-state index contributed by atoms with van der Waals surface area (Å²) >= 11 is 8.74. The van der Waals surface area contributed by atoms with Crippen molar-refractivity contribution in [1.82, 2.24) is 0 Å². The van der Waals surface area contributed by atoms with E-state index in [9.17, 15) is 8.78 Å². The van der Waals surface area contributed by atoms with Gasteiger partial charge in [0.1, 0.15) is 11.6 Å². The molecular weight excluding hydrogens is 324 g/mol. The SMILES string of the molecule is Fc1cc(NCc2cccc(Cl)c2F)ccc1Br. The van der Waals surface area contributed by atoms with Crippen LogP contribution in [0.15, 0.2) is 40.9 Å². The molecule has 5 heteroatoms. The van der Waals surface area contributed by atoms with Gasteiger partial charge >= 0.3 is 0 Å². The summed E-state index contributed by atoms with van der Waals surface area (Å²) in [5, 5.41) is 3.02. The van der Waals surface area contributed by atoms with Crippen LogP contribution in [0.4, 0.5) is 14.5 Å². The van der Waals surface area contributed by atoms with Crippen LogP contribution in [0.3, 0.4) is 0 Å². The lowest BCUT2D eigenvalue weighted by molar-refractivity contribution is 0.613. The number of rotatable bonds is 3. The maximum Gasteiger partial charge on any atom is 0.146 e. The van der Waals surface area contributed by atoms with Gasteiger partial charge in [-0.3, -0.25) is 0 Å². The van der Waals surface area contributed by atoms with Gasteiger partial charge in [0.2, 0.25) is 0 Å². The summed E-state index contributed by atoms with van der Waals surface area (Å²) in [6.07, 6.45) is 0. The first kappa shape index (κ1) is 13.3. The van der Waals surface area contributed by atoms with E-state index < -0.39 is 5.82 Å². The molecular formula is C13H9BrClF2N. The van der Waals surface area contributed by atoms with Crippen molar-refractivity contribution in [2.24, 2.45) is 0 Å². The maximum atomic E-state index is 13.6. The van der Waals surface area contributed by atoms with Crippen molar-refractivity contribution < 1.29 is 8.78 Å². The quantitative estimate of drug-likeness (QED) is 0.834. The van der Waals surface area contributed by atoms with Crippen molar-refractivity contribution in [2.75, 3.05) is 5.32 Å². The molecule has 0 aromatic heterocycles. The van der Waals surface area contributed by atoms with E-state index in [1.165, 1.54) is 12.1 Å². The smallest absolute Gasteiger partial charge is 0.146 e. The second-order valence-corrected chi connectivity index (χ2v) is 4.96. The molecule has 2 aromatic rings. The molecule has 94 valence electrons. The van der Waals surface area contributed by atoms with Gasteiger partial charge in [-0.05, 0) is 40.2 Å². The van der Waals surface area contributed by atoms with Crippen LogP contribution in [-0.4, -0.2) is 0 Å². The summed E-state index contributed by atoms with van der Waals surface area (Å²) in [4.78, 5) is 0. The lowest BCUT2D eigenvalue weighted by atomic mass is 10.2. The van der Waals surface area contributed by atoms with Crippen LogP contribution >= 0.6 is 27.5 Å². The first-order chi connectivity index (χ1) is 8.58. The van der Waals surface area contributed by atoms with Crippen LogP contribution in [0.25, 0.3) is 0 Å². The van der Waals surface area contributed by atoms with Gasteiger partial charge in [-0.1, -0.05) is 23.7 Å². The first-order valence-electron chi connectivity index (χ1n) is 5.20. The largest absolute Gasteiger partial charge is 0.381 e. The topological polar surface area (TPSA) is 12.0 Å². The van der Waals surface area contributed by atoms with Crippen molar-refractivity contribution in [3.63, 3.8) is 0 Å². The molecule has 0 heterocycles. The van der Waals surface area contributed by atoms with Crippen LogP contribution in [0, 0.1) is 11.6 Å². The summed E-state index contributed by atoms with van der Waals surface area (Å²) in [7, 11) is 0. The van der Waals surface area contributed by atoms with Gasteiger partial charge in [0, 0.05) is 17.8 Å². The Morgan fingerprint density at radius 1 is 1.17 bits per heavy atom. The predicted molar refractivity (Wildman–Crippen MR) is 72.8 cm³/mol. The molecule has 2 aromatic carbocycles. The zero-order valence-corrected chi connectivity index (χ0v) is 11.5. The summed E-state index contributed by atoms with van der Waals surface area (Å²) in [5.74, 6) is -0.823. The number of halogens is 4. The minimum absolute atomic E-state index is 0.0799. The van der Waals surface area contributed by atoms with Crippen LogP contribution in [-0.2, 0) is 6.54 Å².